The molecule has 1 heterocycles. The fourth-order valence-electron chi connectivity index (χ4n) is 1.39. The van der Waals surface area contributed by atoms with E-state index in [2.05, 4.69) is 15.5 Å². The molecule has 2 aromatic rings. The Kier molecular flexibility index (Phi) is 2.95. The highest BCUT2D eigenvalue weighted by atomic mass is 16.5. The fraction of sp³-hybridized carbons (Fsp3) is 0.0909. The molecular formula is C11H12N4O2. The molecule has 0 atom stereocenters. The fourth-order valence-corrected chi connectivity index (χ4v) is 1.39. The minimum atomic E-state index is -0.286. The number of amides is 1. The zero-order valence-electron chi connectivity index (χ0n) is 9.23. The number of rotatable bonds is 3. The summed E-state index contributed by atoms with van der Waals surface area (Å²) in [5.41, 5.74) is 7.11. The van der Waals surface area contributed by atoms with Gasteiger partial charge >= 0.3 is 0 Å². The van der Waals surface area contributed by atoms with Crippen LogP contribution in [-0.4, -0.2) is 23.2 Å². The van der Waals surface area contributed by atoms with Gasteiger partial charge in [0.2, 0.25) is 0 Å². The van der Waals surface area contributed by atoms with E-state index in [1.807, 2.05) is 0 Å². The van der Waals surface area contributed by atoms with Gasteiger partial charge in [-0.3, -0.25) is 9.89 Å². The summed E-state index contributed by atoms with van der Waals surface area (Å²) >= 11 is 0. The van der Waals surface area contributed by atoms with Crippen LogP contribution in [0.5, 0.6) is 5.75 Å². The first-order valence-corrected chi connectivity index (χ1v) is 4.94. The first kappa shape index (κ1) is 11.0. The predicted molar refractivity (Wildman–Crippen MR) is 63.9 cm³/mol. The number of hydrogen-bond acceptors (Lipinski definition) is 4. The molecule has 0 aliphatic rings. The summed E-state index contributed by atoms with van der Waals surface area (Å²) < 4.78 is 5.01. The van der Waals surface area contributed by atoms with Crippen molar-refractivity contribution >= 4 is 17.3 Å². The van der Waals surface area contributed by atoms with E-state index in [9.17, 15) is 4.79 Å². The molecule has 0 unspecified atom stereocenters. The molecule has 1 aromatic carbocycles. The maximum absolute atomic E-state index is 11.9. The third-order valence-electron chi connectivity index (χ3n) is 2.26. The molecule has 0 fully saturated rings. The van der Waals surface area contributed by atoms with Crippen LogP contribution in [0.4, 0.5) is 11.4 Å². The minimum absolute atomic E-state index is 0.286. The van der Waals surface area contributed by atoms with Gasteiger partial charge in [0.1, 0.15) is 5.75 Å². The van der Waals surface area contributed by atoms with Crippen molar-refractivity contribution in [3.63, 3.8) is 0 Å². The number of methoxy groups -OCH3 is 1. The second-order valence-corrected chi connectivity index (χ2v) is 3.39. The van der Waals surface area contributed by atoms with Crippen LogP contribution in [0, 0.1) is 0 Å². The Morgan fingerprint density at radius 3 is 2.94 bits per heavy atom. The summed E-state index contributed by atoms with van der Waals surface area (Å²) in [4.78, 5) is 11.9. The zero-order valence-corrected chi connectivity index (χ0v) is 9.23. The van der Waals surface area contributed by atoms with Crippen LogP contribution in [0.15, 0.2) is 30.6 Å². The average Bonchev–Trinajstić information content (AvgIpc) is 2.81. The van der Waals surface area contributed by atoms with Gasteiger partial charge in [0, 0.05) is 18.0 Å². The normalized spacial score (nSPS) is 9.94. The molecule has 17 heavy (non-hydrogen) atoms. The number of nitrogens with zero attached hydrogens (tertiary/aromatic N) is 1. The summed E-state index contributed by atoms with van der Waals surface area (Å²) in [5, 5.41) is 8.99. The molecule has 6 heteroatoms. The lowest BCUT2D eigenvalue weighted by molar-refractivity contribution is 0.102. The maximum Gasteiger partial charge on any atom is 0.257 e. The van der Waals surface area contributed by atoms with Gasteiger partial charge in [0.05, 0.1) is 24.6 Å². The number of H-pyrrole nitrogens is 1. The van der Waals surface area contributed by atoms with E-state index in [1.54, 1.807) is 31.5 Å². The van der Waals surface area contributed by atoms with Crippen LogP contribution >= 0.6 is 0 Å². The average molecular weight is 232 g/mol. The maximum atomic E-state index is 11.9. The summed E-state index contributed by atoms with van der Waals surface area (Å²) in [7, 11) is 1.54. The highest BCUT2D eigenvalue weighted by molar-refractivity contribution is 6.07. The molecule has 1 amide bonds. The van der Waals surface area contributed by atoms with Gasteiger partial charge in [-0.2, -0.15) is 5.10 Å². The van der Waals surface area contributed by atoms with Gasteiger partial charge in [0.25, 0.3) is 5.91 Å². The third kappa shape index (κ3) is 2.36. The standard InChI is InChI=1S/C11H12N4O2/c1-17-8-2-3-9(10(12)4-8)11(16)15-7-5-13-14-6-7/h2-6H,12H2,1H3,(H,13,14)(H,15,16). The van der Waals surface area contributed by atoms with Gasteiger partial charge in [0.15, 0.2) is 0 Å². The Balaban J connectivity index is 2.19. The summed E-state index contributed by atoms with van der Waals surface area (Å²) in [6.45, 7) is 0. The Bertz CT molecular complexity index is 522. The number of anilines is 2. The number of aromatic amines is 1. The van der Waals surface area contributed by atoms with Gasteiger partial charge in [-0.1, -0.05) is 0 Å². The second kappa shape index (κ2) is 4.56. The lowest BCUT2D eigenvalue weighted by atomic mass is 10.1. The number of ether oxygens (including phenoxy) is 1. The van der Waals surface area contributed by atoms with E-state index in [1.165, 1.54) is 6.20 Å². The van der Waals surface area contributed by atoms with Crippen molar-refractivity contribution in [2.24, 2.45) is 0 Å². The molecule has 0 aliphatic carbocycles. The van der Waals surface area contributed by atoms with Crippen LogP contribution in [0.3, 0.4) is 0 Å². The molecule has 0 saturated heterocycles. The second-order valence-electron chi connectivity index (χ2n) is 3.39. The van der Waals surface area contributed by atoms with Crippen LogP contribution in [0.1, 0.15) is 10.4 Å². The largest absolute Gasteiger partial charge is 0.497 e. The van der Waals surface area contributed by atoms with Crippen molar-refractivity contribution in [3.05, 3.63) is 36.2 Å². The molecule has 6 nitrogen and oxygen atoms in total. The van der Waals surface area contributed by atoms with E-state index in [-0.39, 0.29) is 5.91 Å². The van der Waals surface area contributed by atoms with Gasteiger partial charge < -0.3 is 15.8 Å². The van der Waals surface area contributed by atoms with Crippen molar-refractivity contribution in [2.45, 2.75) is 0 Å². The Hall–Kier alpha value is -2.50. The van der Waals surface area contributed by atoms with E-state index < -0.39 is 0 Å². The number of nitrogens with two attached hydrogens (primary N) is 1. The van der Waals surface area contributed by atoms with Crippen molar-refractivity contribution in [2.75, 3.05) is 18.2 Å². The van der Waals surface area contributed by atoms with Gasteiger partial charge in [-0.05, 0) is 12.1 Å². The molecule has 0 radical (unpaired) electrons. The molecule has 4 N–H and O–H groups in total. The Morgan fingerprint density at radius 1 is 1.53 bits per heavy atom. The van der Waals surface area contributed by atoms with Crippen molar-refractivity contribution < 1.29 is 9.53 Å². The van der Waals surface area contributed by atoms with E-state index in [0.29, 0.717) is 22.7 Å². The molecule has 0 aliphatic heterocycles. The first-order chi connectivity index (χ1) is 8.20. The number of benzene rings is 1. The smallest absolute Gasteiger partial charge is 0.257 e. The van der Waals surface area contributed by atoms with Crippen LogP contribution < -0.4 is 15.8 Å². The quantitative estimate of drug-likeness (QED) is 0.694. The molecule has 0 bridgehead atoms. The molecule has 0 saturated carbocycles. The van der Waals surface area contributed by atoms with E-state index in [4.69, 9.17) is 10.5 Å². The Morgan fingerprint density at radius 2 is 2.35 bits per heavy atom. The third-order valence-corrected chi connectivity index (χ3v) is 2.26. The van der Waals surface area contributed by atoms with Crippen LogP contribution in [0.25, 0.3) is 0 Å². The van der Waals surface area contributed by atoms with Crippen molar-refractivity contribution in [1.82, 2.24) is 10.2 Å². The highest BCUT2D eigenvalue weighted by Crippen LogP contribution is 2.20. The minimum Gasteiger partial charge on any atom is -0.497 e. The van der Waals surface area contributed by atoms with Crippen LogP contribution in [-0.2, 0) is 0 Å². The summed E-state index contributed by atoms with van der Waals surface area (Å²) in [6.07, 6.45) is 3.09. The number of nitrogen functional groups attached to an aromatic ring is 1. The van der Waals surface area contributed by atoms with Gasteiger partial charge in [-0.15, -0.1) is 0 Å². The van der Waals surface area contributed by atoms with Crippen molar-refractivity contribution in [1.29, 1.82) is 0 Å². The predicted octanol–water partition coefficient (Wildman–Crippen LogP) is 1.25. The SMILES string of the molecule is COc1ccc(C(=O)Nc2cn[nH]c2)c(N)c1. The monoisotopic (exact) mass is 232 g/mol. The molecule has 88 valence electrons. The molecule has 1 aromatic heterocycles. The number of nitrogens with one attached hydrogen (secondary N) is 2. The molecule has 2 rings (SSSR count). The number of carbonyl (C=O) groups excluding carboxylic acids is 1. The number of hydrogen-bond donors (Lipinski definition) is 3. The van der Waals surface area contributed by atoms with Crippen molar-refractivity contribution in [3.8, 4) is 5.75 Å². The van der Waals surface area contributed by atoms with Crippen LogP contribution in [0.2, 0.25) is 0 Å². The Labute approximate surface area is 97.8 Å². The van der Waals surface area contributed by atoms with E-state index in [0.717, 1.165) is 0 Å². The lowest BCUT2D eigenvalue weighted by Crippen LogP contribution is -2.13. The van der Waals surface area contributed by atoms with E-state index >= 15 is 0 Å². The topological polar surface area (TPSA) is 93.0 Å². The van der Waals surface area contributed by atoms with Gasteiger partial charge in [-0.25, -0.2) is 0 Å². The lowest BCUT2D eigenvalue weighted by Gasteiger charge is -2.07. The molecular weight excluding hydrogens is 220 g/mol. The number of aromatic nitrogens is 2. The highest BCUT2D eigenvalue weighted by Gasteiger charge is 2.11. The molecule has 0 spiro atoms. The summed E-state index contributed by atoms with van der Waals surface area (Å²) in [5.74, 6) is 0.328. The first-order valence-electron chi connectivity index (χ1n) is 4.94. The summed E-state index contributed by atoms with van der Waals surface area (Å²) in [6, 6.07) is 4.90. The number of carbonyl (C=O) groups is 1. The zero-order chi connectivity index (χ0) is 12.3.